The van der Waals surface area contributed by atoms with Crippen LogP contribution in [0.3, 0.4) is 0 Å². The predicted octanol–water partition coefficient (Wildman–Crippen LogP) is 2.58. The van der Waals surface area contributed by atoms with Crippen molar-refractivity contribution in [2.75, 3.05) is 5.32 Å². The Morgan fingerprint density at radius 3 is 2.26 bits per heavy atom. The summed E-state index contributed by atoms with van der Waals surface area (Å²) in [6, 6.07) is 1.52. The number of benzene rings is 1. The Morgan fingerprint density at radius 2 is 1.63 bits per heavy atom. The minimum absolute atomic E-state index is 0.530. The van der Waals surface area contributed by atoms with Crippen molar-refractivity contribution in [3.8, 4) is 0 Å². The van der Waals surface area contributed by atoms with Gasteiger partial charge in [0.1, 0.15) is 6.33 Å². The van der Waals surface area contributed by atoms with Crippen molar-refractivity contribution >= 4 is 27.8 Å². The fraction of sp³-hybridized carbons (Fsp3) is 0.316. The van der Waals surface area contributed by atoms with Crippen LogP contribution in [0.2, 0.25) is 0 Å². The van der Waals surface area contributed by atoms with Gasteiger partial charge in [-0.25, -0.2) is 27.9 Å². The number of nitrogens with one attached hydrogen (secondary N) is 2. The molecule has 0 atom stereocenters. The van der Waals surface area contributed by atoms with Crippen molar-refractivity contribution < 1.29 is 13.2 Å². The molecule has 7 nitrogen and oxygen atoms in total. The summed E-state index contributed by atoms with van der Waals surface area (Å²) in [5.41, 5.74) is 6.20. The van der Waals surface area contributed by atoms with Gasteiger partial charge in [0, 0.05) is 23.6 Å². The summed E-state index contributed by atoms with van der Waals surface area (Å²) in [6.45, 7) is 0. The zero-order chi connectivity index (χ0) is 18.9. The average Bonchev–Trinajstić information content (AvgIpc) is 3.29. The molecule has 0 unspecified atom stereocenters. The van der Waals surface area contributed by atoms with Crippen molar-refractivity contribution in [3.63, 3.8) is 0 Å². The highest BCUT2D eigenvalue weighted by Crippen LogP contribution is 2.38. The van der Waals surface area contributed by atoms with Crippen LogP contribution in [0, 0.1) is 0 Å². The molecule has 140 valence electrons. The highest BCUT2D eigenvalue weighted by molar-refractivity contribution is 7.93. The van der Waals surface area contributed by atoms with Gasteiger partial charge >= 0.3 is 6.03 Å². The zero-order valence-electron chi connectivity index (χ0n) is 14.7. The molecule has 2 amide bonds. The first-order valence-electron chi connectivity index (χ1n) is 8.95. The second-order valence-corrected chi connectivity index (χ2v) is 8.38. The van der Waals surface area contributed by atoms with E-state index in [0.29, 0.717) is 5.56 Å². The van der Waals surface area contributed by atoms with Gasteiger partial charge < -0.3 is 5.32 Å². The SMILES string of the molecule is O=C(Nc1c2c(cc3c1CCC3)CCC2)NS(=O)(=O)/C=C/c1cncnc1. The minimum Gasteiger partial charge on any atom is -0.307 e. The molecule has 1 aromatic heterocycles. The van der Waals surface area contributed by atoms with E-state index in [0.717, 1.165) is 60.7 Å². The molecule has 2 N–H and O–H groups in total. The van der Waals surface area contributed by atoms with Gasteiger partial charge in [-0.1, -0.05) is 6.07 Å². The van der Waals surface area contributed by atoms with E-state index >= 15 is 0 Å². The number of hydrogen-bond donors (Lipinski definition) is 2. The normalized spacial score (nSPS) is 15.6. The number of carbonyl (C=O) groups is 1. The molecule has 0 bridgehead atoms. The van der Waals surface area contributed by atoms with Gasteiger partial charge in [0.25, 0.3) is 10.0 Å². The van der Waals surface area contributed by atoms with Crippen molar-refractivity contribution in [2.24, 2.45) is 0 Å². The standard InChI is InChI=1S/C19H20N4O3S/c24-19(23-27(25,26)8-7-13-10-20-12-21-11-13)22-18-16-5-1-3-14(16)9-15-4-2-6-17(15)18/h7-12H,1-6H2,(H2,22,23,24)/b8-7+. The molecule has 2 aliphatic rings. The van der Waals surface area contributed by atoms with E-state index in [1.807, 2.05) is 0 Å². The monoisotopic (exact) mass is 384 g/mol. The number of urea groups is 1. The van der Waals surface area contributed by atoms with E-state index in [1.54, 1.807) is 0 Å². The van der Waals surface area contributed by atoms with Gasteiger partial charge in [0.2, 0.25) is 0 Å². The second-order valence-electron chi connectivity index (χ2n) is 6.81. The Hall–Kier alpha value is -2.74. The summed E-state index contributed by atoms with van der Waals surface area (Å²) in [4.78, 5) is 20.0. The molecule has 0 radical (unpaired) electrons. The zero-order valence-corrected chi connectivity index (χ0v) is 15.6. The highest BCUT2D eigenvalue weighted by atomic mass is 32.2. The first-order chi connectivity index (χ1) is 13.0. The van der Waals surface area contributed by atoms with E-state index in [2.05, 4.69) is 26.1 Å². The topological polar surface area (TPSA) is 101 Å². The number of rotatable bonds is 4. The molecule has 27 heavy (non-hydrogen) atoms. The van der Waals surface area contributed by atoms with Crippen LogP contribution >= 0.6 is 0 Å². The Kier molecular flexibility index (Phi) is 4.65. The lowest BCUT2D eigenvalue weighted by Gasteiger charge is -2.16. The Bertz CT molecular complexity index is 985. The molecule has 0 spiro atoms. The molecule has 1 aromatic carbocycles. The molecular formula is C19H20N4O3S. The molecule has 8 heteroatoms. The molecular weight excluding hydrogens is 364 g/mol. The van der Waals surface area contributed by atoms with Gasteiger partial charge in [-0.2, -0.15) is 0 Å². The maximum absolute atomic E-state index is 12.4. The molecule has 1 heterocycles. The third-order valence-corrected chi connectivity index (χ3v) is 5.93. The highest BCUT2D eigenvalue weighted by Gasteiger charge is 2.25. The number of aryl methyl sites for hydroxylation is 2. The molecule has 0 fully saturated rings. The van der Waals surface area contributed by atoms with E-state index in [1.165, 1.54) is 35.9 Å². The molecule has 4 rings (SSSR count). The summed E-state index contributed by atoms with van der Waals surface area (Å²) in [7, 11) is -3.93. The van der Waals surface area contributed by atoms with Crippen LogP contribution < -0.4 is 10.0 Å². The number of nitrogens with zero attached hydrogens (tertiary/aromatic N) is 2. The van der Waals surface area contributed by atoms with Gasteiger partial charge in [-0.15, -0.1) is 0 Å². The first kappa shape index (κ1) is 17.7. The van der Waals surface area contributed by atoms with Crippen molar-refractivity contribution in [1.29, 1.82) is 0 Å². The molecule has 0 aliphatic heterocycles. The third kappa shape index (κ3) is 3.85. The lowest BCUT2D eigenvalue weighted by Crippen LogP contribution is -2.33. The van der Waals surface area contributed by atoms with Gasteiger partial charge in [0.15, 0.2) is 0 Å². The maximum atomic E-state index is 12.4. The van der Waals surface area contributed by atoms with Crippen molar-refractivity contribution in [2.45, 2.75) is 38.5 Å². The number of carbonyl (C=O) groups excluding carboxylic acids is 1. The van der Waals surface area contributed by atoms with Crippen LogP contribution in [0.25, 0.3) is 6.08 Å². The summed E-state index contributed by atoms with van der Waals surface area (Å²) in [5.74, 6) is 0. The number of anilines is 1. The maximum Gasteiger partial charge on any atom is 0.333 e. The Balaban J connectivity index is 1.51. The lowest BCUT2D eigenvalue weighted by atomic mass is 9.99. The van der Waals surface area contributed by atoms with Gasteiger partial charge in [0.05, 0.1) is 5.41 Å². The van der Waals surface area contributed by atoms with Gasteiger partial charge in [-0.3, -0.25) is 0 Å². The average molecular weight is 384 g/mol. The fourth-order valence-electron chi connectivity index (χ4n) is 3.83. The number of fused-ring (bicyclic) bond motifs is 2. The van der Waals surface area contributed by atoms with Crippen LogP contribution in [0.5, 0.6) is 0 Å². The molecule has 2 aliphatic carbocycles. The summed E-state index contributed by atoms with van der Waals surface area (Å²) < 4.78 is 26.4. The summed E-state index contributed by atoms with van der Waals surface area (Å²) >= 11 is 0. The minimum atomic E-state index is -3.93. The van der Waals surface area contributed by atoms with Crippen LogP contribution in [0.1, 0.15) is 40.7 Å². The second kappa shape index (κ2) is 7.11. The van der Waals surface area contributed by atoms with Crippen LogP contribution in [0.4, 0.5) is 10.5 Å². The molecule has 0 saturated carbocycles. The number of amides is 2. The van der Waals surface area contributed by atoms with Crippen molar-refractivity contribution in [1.82, 2.24) is 14.7 Å². The lowest BCUT2D eigenvalue weighted by molar-refractivity contribution is 0.256. The largest absolute Gasteiger partial charge is 0.333 e. The number of hydrogen-bond acceptors (Lipinski definition) is 5. The van der Waals surface area contributed by atoms with Crippen molar-refractivity contribution in [3.05, 3.63) is 58.0 Å². The Morgan fingerprint density at radius 1 is 1.00 bits per heavy atom. The van der Waals surface area contributed by atoms with E-state index in [4.69, 9.17) is 0 Å². The quantitative estimate of drug-likeness (QED) is 0.844. The van der Waals surface area contributed by atoms with E-state index < -0.39 is 16.1 Å². The Labute approximate surface area is 158 Å². The van der Waals surface area contributed by atoms with Crippen LogP contribution in [-0.2, 0) is 35.7 Å². The molecule has 2 aromatic rings. The van der Waals surface area contributed by atoms with E-state index in [9.17, 15) is 13.2 Å². The first-order valence-corrected chi connectivity index (χ1v) is 10.5. The van der Waals surface area contributed by atoms with Gasteiger partial charge in [-0.05, 0) is 66.9 Å². The van der Waals surface area contributed by atoms with Crippen LogP contribution in [-0.4, -0.2) is 24.4 Å². The van der Waals surface area contributed by atoms with Crippen LogP contribution in [0.15, 0.2) is 30.2 Å². The third-order valence-electron chi connectivity index (χ3n) is 4.97. The summed E-state index contributed by atoms with van der Waals surface area (Å²) in [6.07, 6.45) is 11.6. The molecule has 0 saturated heterocycles. The smallest absolute Gasteiger partial charge is 0.307 e. The predicted molar refractivity (Wildman–Crippen MR) is 103 cm³/mol. The number of aromatic nitrogens is 2. The fourth-order valence-corrected chi connectivity index (χ4v) is 4.55. The number of sulfonamides is 1. The summed E-state index contributed by atoms with van der Waals surface area (Å²) in [5, 5.41) is 3.74. The van der Waals surface area contributed by atoms with E-state index in [-0.39, 0.29) is 0 Å².